The summed E-state index contributed by atoms with van der Waals surface area (Å²) in [5.74, 6) is 2.46. The maximum Gasteiger partial charge on any atom is 0.174 e. The Labute approximate surface area is 121 Å². The lowest BCUT2D eigenvalue weighted by Gasteiger charge is -2.31. The van der Waals surface area contributed by atoms with Crippen molar-refractivity contribution in [3.05, 3.63) is 24.3 Å². The van der Waals surface area contributed by atoms with Crippen LogP contribution in [0.2, 0.25) is 0 Å². The summed E-state index contributed by atoms with van der Waals surface area (Å²) in [5.41, 5.74) is 1.14. The summed E-state index contributed by atoms with van der Waals surface area (Å²) in [6.07, 6.45) is 5.18. The monoisotopic (exact) mass is 272 g/mol. The summed E-state index contributed by atoms with van der Waals surface area (Å²) >= 11 is 0. The molecule has 1 aromatic rings. The van der Waals surface area contributed by atoms with Crippen LogP contribution in [0.15, 0.2) is 24.3 Å². The van der Waals surface area contributed by atoms with E-state index in [4.69, 9.17) is 10.00 Å². The molecule has 108 valence electrons. The SMILES string of the molecule is CC(C)C1CCC(Nc2ccc(OCC#N)cc2)CC1. The number of anilines is 1. The van der Waals surface area contributed by atoms with Gasteiger partial charge in [-0.3, -0.25) is 0 Å². The highest BCUT2D eigenvalue weighted by Crippen LogP contribution is 2.31. The van der Waals surface area contributed by atoms with Crippen molar-refractivity contribution in [1.29, 1.82) is 5.26 Å². The quantitative estimate of drug-likeness (QED) is 0.873. The number of nitrogens with zero attached hydrogens (tertiary/aromatic N) is 1. The molecule has 2 rings (SSSR count). The van der Waals surface area contributed by atoms with Crippen LogP contribution in [0.4, 0.5) is 5.69 Å². The number of benzene rings is 1. The molecular weight excluding hydrogens is 248 g/mol. The number of hydrogen-bond donors (Lipinski definition) is 1. The molecule has 1 fully saturated rings. The zero-order valence-corrected chi connectivity index (χ0v) is 12.4. The molecule has 0 spiro atoms. The van der Waals surface area contributed by atoms with E-state index in [2.05, 4.69) is 19.2 Å². The Morgan fingerprint density at radius 2 is 1.85 bits per heavy atom. The van der Waals surface area contributed by atoms with Crippen molar-refractivity contribution in [3.63, 3.8) is 0 Å². The molecule has 1 saturated carbocycles. The normalized spacial score (nSPS) is 22.3. The van der Waals surface area contributed by atoms with Crippen LogP contribution >= 0.6 is 0 Å². The van der Waals surface area contributed by atoms with Gasteiger partial charge in [0.25, 0.3) is 0 Å². The van der Waals surface area contributed by atoms with Crippen LogP contribution in [-0.2, 0) is 0 Å². The van der Waals surface area contributed by atoms with Crippen molar-refractivity contribution in [3.8, 4) is 11.8 Å². The number of ether oxygens (including phenoxy) is 1. The second kappa shape index (κ2) is 7.19. The van der Waals surface area contributed by atoms with Crippen LogP contribution in [0.3, 0.4) is 0 Å². The highest BCUT2D eigenvalue weighted by atomic mass is 16.5. The summed E-state index contributed by atoms with van der Waals surface area (Å²) in [4.78, 5) is 0. The van der Waals surface area contributed by atoms with E-state index >= 15 is 0 Å². The first-order valence-electron chi connectivity index (χ1n) is 7.55. The molecule has 3 nitrogen and oxygen atoms in total. The highest BCUT2D eigenvalue weighted by molar-refractivity contribution is 5.47. The van der Waals surface area contributed by atoms with Gasteiger partial charge in [-0.05, 0) is 61.8 Å². The van der Waals surface area contributed by atoms with Crippen LogP contribution in [0.25, 0.3) is 0 Å². The van der Waals surface area contributed by atoms with E-state index in [-0.39, 0.29) is 6.61 Å². The Hall–Kier alpha value is -1.69. The molecule has 0 aromatic heterocycles. The third-order valence-electron chi connectivity index (χ3n) is 4.24. The molecule has 20 heavy (non-hydrogen) atoms. The van der Waals surface area contributed by atoms with Crippen LogP contribution in [0, 0.1) is 23.2 Å². The van der Waals surface area contributed by atoms with Gasteiger partial charge in [-0.1, -0.05) is 13.8 Å². The second-order valence-corrected chi connectivity index (χ2v) is 5.97. The van der Waals surface area contributed by atoms with E-state index < -0.39 is 0 Å². The molecule has 0 heterocycles. The second-order valence-electron chi connectivity index (χ2n) is 5.97. The van der Waals surface area contributed by atoms with Crippen molar-refractivity contribution in [2.24, 2.45) is 11.8 Å². The van der Waals surface area contributed by atoms with E-state index in [0.29, 0.717) is 6.04 Å². The van der Waals surface area contributed by atoms with Gasteiger partial charge in [0.15, 0.2) is 6.61 Å². The van der Waals surface area contributed by atoms with Crippen LogP contribution in [-0.4, -0.2) is 12.6 Å². The Kier molecular flexibility index (Phi) is 5.29. The van der Waals surface area contributed by atoms with Gasteiger partial charge in [0.05, 0.1) is 0 Å². The average Bonchev–Trinajstić information content (AvgIpc) is 2.47. The maximum atomic E-state index is 8.47. The van der Waals surface area contributed by atoms with Crippen LogP contribution in [0.5, 0.6) is 5.75 Å². The molecule has 0 bridgehead atoms. The van der Waals surface area contributed by atoms with E-state index in [9.17, 15) is 0 Å². The first-order valence-corrected chi connectivity index (χ1v) is 7.55. The van der Waals surface area contributed by atoms with E-state index in [0.717, 1.165) is 23.3 Å². The largest absolute Gasteiger partial charge is 0.479 e. The Bertz CT molecular complexity index is 439. The Balaban J connectivity index is 1.81. The average molecular weight is 272 g/mol. The minimum atomic E-state index is 0.103. The minimum Gasteiger partial charge on any atom is -0.479 e. The molecule has 0 saturated heterocycles. The molecule has 3 heteroatoms. The van der Waals surface area contributed by atoms with Gasteiger partial charge < -0.3 is 10.1 Å². The van der Waals surface area contributed by atoms with Gasteiger partial charge in [0.1, 0.15) is 11.8 Å². The molecular formula is C17H24N2O. The maximum absolute atomic E-state index is 8.47. The number of rotatable bonds is 5. The Morgan fingerprint density at radius 3 is 2.40 bits per heavy atom. The van der Waals surface area contributed by atoms with Gasteiger partial charge in [-0.15, -0.1) is 0 Å². The summed E-state index contributed by atoms with van der Waals surface area (Å²) in [5, 5.41) is 12.1. The molecule has 1 aliphatic carbocycles. The first-order chi connectivity index (χ1) is 9.69. The van der Waals surface area contributed by atoms with Crippen molar-refractivity contribution >= 4 is 5.69 Å². The molecule has 1 aromatic carbocycles. The van der Waals surface area contributed by atoms with Gasteiger partial charge >= 0.3 is 0 Å². The zero-order chi connectivity index (χ0) is 14.4. The van der Waals surface area contributed by atoms with Crippen LogP contribution in [0.1, 0.15) is 39.5 Å². The predicted molar refractivity (Wildman–Crippen MR) is 81.8 cm³/mol. The molecule has 0 aliphatic heterocycles. The fourth-order valence-electron chi connectivity index (χ4n) is 2.93. The number of hydrogen-bond acceptors (Lipinski definition) is 3. The molecule has 0 unspecified atom stereocenters. The van der Waals surface area contributed by atoms with Gasteiger partial charge in [-0.2, -0.15) is 5.26 Å². The van der Waals surface area contributed by atoms with Crippen molar-refractivity contribution in [1.82, 2.24) is 0 Å². The highest BCUT2D eigenvalue weighted by Gasteiger charge is 2.22. The van der Waals surface area contributed by atoms with Crippen molar-refractivity contribution < 1.29 is 4.74 Å². The summed E-state index contributed by atoms with van der Waals surface area (Å²) < 4.78 is 5.25. The van der Waals surface area contributed by atoms with E-state index in [1.54, 1.807) is 0 Å². The van der Waals surface area contributed by atoms with Crippen LogP contribution < -0.4 is 10.1 Å². The fraction of sp³-hybridized carbons (Fsp3) is 0.588. The third-order valence-corrected chi connectivity index (χ3v) is 4.24. The summed E-state index contributed by atoms with van der Waals surface area (Å²) in [6.45, 7) is 4.77. The fourth-order valence-corrected chi connectivity index (χ4v) is 2.93. The van der Waals surface area contributed by atoms with Crippen molar-refractivity contribution in [2.75, 3.05) is 11.9 Å². The first kappa shape index (κ1) is 14.7. The van der Waals surface area contributed by atoms with Gasteiger partial charge in [-0.25, -0.2) is 0 Å². The topological polar surface area (TPSA) is 45.0 Å². The summed E-state index contributed by atoms with van der Waals surface area (Å²) in [7, 11) is 0. The van der Waals surface area contributed by atoms with E-state index in [1.165, 1.54) is 25.7 Å². The van der Waals surface area contributed by atoms with Crippen molar-refractivity contribution in [2.45, 2.75) is 45.6 Å². The standard InChI is InChI=1S/C17H24N2O/c1-13(2)14-3-5-15(6-4-14)19-16-7-9-17(10-8-16)20-12-11-18/h7-10,13-15,19H,3-6,12H2,1-2H3. The molecule has 0 atom stereocenters. The lowest BCUT2D eigenvalue weighted by Crippen LogP contribution is -2.27. The van der Waals surface area contributed by atoms with E-state index in [1.807, 2.05) is 30.3 Å². The summed E-state index contributed by atoms with van der Waals surface area (Å²) in [6, 6.07) is 10.5. The number of nitriles is 1. The number of nitrogens with one attached hydrogen (secondary N) is 1. The lowest BCUT2D eigenvalue weighted by atomic mass is 9.79. The molecule has 0 radical (unpaired) electrons. The van der Waals surface area contributed by atoms with Gasteiger partial charge in [0, 0.05) is 11.7 Å². The molecule has 0 amide bonds. The van der Waals surface area contributed by atoms with Gasteiger partial charge in [0.2, 0.25) is 0 Å². The third kappa shape index (κ3) is 4.16. The Morgan fingerprint density at radius 1 is 1.20 bits per heavy atom. The smallest absolute Gasteiger partial charge is 0.174 e. The predicted octanol–water partition coefficient (Wildman–Crippen LogP) is 4.22. The zero-order valence-electron chi connectivity index (χ0n) is 12.4. The minimum absolute atomic E-state index is 0.103. The molecule has 1 aliphatic rings. The lowest BCUT2D eigenvalue weighted by molar-refractivity contribution is 0.267. The molecule has 1 N–H and O–H groups in total.